The molecule has 92 valence electrons. The van der Waals surface area contributed by atoms with Crippen molar-refractivity contribution in [2.24, 2.45) is 0 Å². The van der Waals surface area contributed by atoms with Gasteiger partial charge in [-0.3, -0.25) is 0 Å². The normalized spacial score (nSPS) is 12.2. The Bertz CT molecular complexity index is 517. The van der Waals surface area contributed by atoms with Gasteiger partial charge in [0.1, 0.15) is 0 Å². The monoisotopic (exact) mass is 234 g/mol. The van der Waals surface area contributed by atoms with E-state index in [-0.39, 0.29) is 6.61 Å². The number of fused-ring (bicyclic) bond motifs is 1. The first-order chi connectivity index (χ1) is 8.04. The Labute approximate surface area is 101 Å². The quantitative estimate of drug-likeness (QED) is 0.878. The Morgan fingerprint density at radius 1 is 1.41 bits per heavy atom. The number of aryl methyl sites for hydroxylation is 1. The Morgan fingerprint density at radius 2 is 2.18 bits per heavy atom. The minimum Gasteiger partial charge on any atom is -0.394 e. The zero-order chi connectivity index (χ0) is 12.5. The minimum absolute atomic E-state index is 0.0343. The van der Waals surface area contributed by atoms with E-state index in [9.17, 15) is 0 Å². The zero-order valence-electron chi connectivity index (χ0n) is 10.5. The van der Waals surface area contributed by atoms with Crippen LogP contribution in [0.4, 0.5) is 0 Å². The van der Waals surface area contributed by atoms with Crippen molar-refractivity contribution in [3.63, 3.8) is 0 Å². The number of hydrogen-bond acceptors (Lipinski definition) is 3. The van der Waals surface area contributed by atoms with Gasteiger partial charge in [0, 0.05) is 11.8 Å². The standard InChI is InChI=1S/C13H18N2O2/c1-10-8-14-15-9-11(4-5-12(10)15)13(2,3)17-7-6-16/h4-5,8-9,16H,6-7H2,1-3H3. The van der Waals surface area contributed by atoms with Crippen LogP contribution in [0, 0.1) is 6.92 Å². The third-order valence-corrected chi connectivity index (χ3v) is 2.96. The van der Waals surface area contributed by atoms with Crippen LogP contribution >= 0.6 is 0 Å². The number of nitrogens with zero attached hydrogens (tertiary/aromatic N) is 2. The van der Waals surface area contributed by atoms with Gasteiger partial charge in [-0.05, 0) is 32.4 Å². The Hall–Kier alpha value is -1.39. The molecule has 0 saturated carbocycles. The van der Waals surface area contributed by atoms with Crippen LogP contribution in [-0.4, -0.2) is 27.9 Å². The molecule has 2 aromatic rings. The van der Waals surface area contributed by atoms with Crippen molar-refractivity contribution in [2.45, 2.75) is 26.4 Å². The van der Waals surface area contributed by atoms with Gasteiger partial charge in [0.25, 0.3) is 0 Å². The second kappa shape index (κ2) is 4.47. The van der Waals surface area contributed by atoms with Crippen LogP contribution in [0.2, 0.25) is 0 Å². The first-order valence-corrected chi connectivity index (χ1v) is 5.74. The average molecular weight is 234 g/mol. The maximum absolute atomic E-state index is 8.81. The lowest BCUT2D eigenvalue weighted by Crippen LogP contribution is -2.23. The summed E-state index contributed by atoms with van der Waals surface area (Å²) in [6.07, 6.45) is 3.82. The molecule has 0 bridgehead atoms. The number of aliphatic hydroxyl groups excluding tert-OH is 1. The highest BCUT2D eigenvalue weighted by Gasteiger charge is 2.21. The summed E-state index contributed by atoms with van der Waals surface area (Å²) in [5, 5.41) is 13.1. The summed E-state index contributed by atoms with van der Waals surface area (Å²) in [4.78, 5) is 0. The van der Waals surface area contributed by atoms with Gasteiger partial charge in [-0.2, -0.15) is 5.10 Å². The van der Waals surface area contributed by atoms with Crippen molar-refractivity contribution >= 4 is 5.52 Å². The van der Waals surface area contributed by atoms with Crippen LogP contribution in [0.25, 0.3) is 5.52 Å². The van der Waals surface area contributed by atoms with Crippen LogP contribution in [0.1, 0.15) is 25.0 Å². The zero-order valence-corrected chi connectivity index (χ0v) is 10.5. The van der Waals surface area contributed by atoms with Crippen LogP contribution in [-0.2, 0) is 10.3 Å². The maximum Gasteiger partial charge on any atom is 0.0891 e. The van der Waals surface area contributed by atoms with Crippen molar-refractivity contribution in [1.82, 2.24) is 9.61 Å². The second-order valence-electron chi connectivity index (χ2n) is 4.66. The molecular formula is C13H18N2O2. The lowest BCUT2D eigenvalue weighted by molar-refractivity contribution is -0.0372. The summed E-state index contributed by atoms with van der Waals surface area (Å²) in [7, 11) is 0. The SMILES string of the molecule is Cc1cnn2cc(C(C)(C)OCCO)ccc12. The number of aliphatic hydroxyl groups is 1. The Balaban J connectivity index is 2.35. The average Bonchev–Trinajstić information content (AvgIpc) is 2.68. The molecule has 4 heteroatoms. The number of ether oxygens (including phenoxy) is 1. The van der Waals surface area contributed by atoms with Gasteiger partial charge >= 0.3 is 0 Å². The van der Waals surface area contributed by atoms with Gasteiger partial charge in [-0.15, -0.1) is 0 Å². The number of pyridine rings is 1. The van der Waals surface area contributed by atoms with E-state index in [0.717, 1.165) is 16.6 Å². The van der Waals surface area contributed by atoms with E-state index < -0.39 is 5.60 Å². The summed E-state index contributed by atoms with van der Waals surface area (Å²) in [5.74, 6) is 0. The van der Waals surface area contributed by atoms with E-state index in [4.69, 9.17) is 9.84 Å². The van der Waals surface area contributed by atoms with E-state index in [1.54, 1.807) is 0 Å². The van der Waals surface area contributed by atoms with Gasteiger partial charge in [-0.25, -0.2) is 4.52 Å². The van der Waals surface area contributed by atoms with Crippen molar-refractivity contribution in [3.05, 3.63) is 35.7 Å². The molecule has 0 aliphatic carbocycles. The van der Waals surface area contributed by atoms with Crippen LogP contribution in [0.3, 0.4) is 0 Å². The van der Waals surface area contributed by atoms with Crippen LogP contribution in [0.5, 0.6) is 0 Å². The van der Waals surface area contributed by atoms with E-state index in [1.807, 2.05) is 49.8 Å². The molecule has 0 atom stereocenters. The van der Waals surface area contributed by atoms with Crippen molar-refractivity contribution in [2.75, 3.05) is 13.2 Å². The summed E-state index contributed by atoms with van der Waals surface area (Å²) < 4.78 is 7.49. The molecule has 4 nitrogen and oxygen atoms in total. The molecule has 0 radical (unpaired) electrons. The van der Waals surface area contributed by atoms with E-state index >= 15 is 0 Å². The van der Waals surface area contributed by atoms with Gasteiger partial charge in [0.2, 0.25) is 0 Å². The van der Waals surface area contributed by atoms with Crippen molar-refractivity contribution in [1.29, 1.82) is 0 Å². The molecule has 0 amide bonds. The highest BCUT2D eigenvalue weighted by atomic mass is 16.5. The Kier molecular flexibility index (Phi) is 3.17. The molecular weight excluding hydrogens is 216 g/mol. The topological polar surface area (TPSA) is 46.8 Å². The molecule has 0 aliphatic rings. The van der Waals surface area contributed by atoms with E-state index in [1.165, 1.54) is 0 Å². The van der Waals surface area contributed by atoms with Gasteiger partial charge < -0.3 is 9.84 Å². The fourth-order valence-electron chi connectivity index (χ4n) is 1.85. The van der Waals surface area contributed by atoms with E-state index in [0.29, 0.717) is 6.61 Å². The molecule has 17 heavy (non-hydrogen) atoms. The second-order valence-corrected chi connectivity index (χ2v) is 4.66. The highest BCUT2D eigenvalue weighted by molar-refractivity contribution is 5.53. The molecule has 1 N–H and O–H groups in total. The molecule has 2 heterocycles. The molecule has 0 saturated heterocycles. The number of aromatic nitrogens is 2. The van der Waals surface area contributed by atoms with Crippen LogP contribution < -0.4 is 0 Å². The first kappa shape index (κ1) is 12.1. The van der Waals surface area contributed by atoms with Crippen LogP contribution in [0.15, 0.2) is 24.5 Å². The number of hydrogen-bond donors (Lipinski definition) is 1. The van der Waals surface area contributed by atoms with Crippen molar-refractivity contribution < 1.29 is 9.84 Å². The summed E-state index contributed by atoms with van der Waals surface area (Å²) in [6.45, 7) is 6.38. The maximum atomic E-state index is 8.81. The van der Waals surface area contributed by atoms with Gasteiger partial charge in [0.05, 0.1) is 30.5 Å². The first-order valence-electron chi connectivity index (χ1n) is 5.74. The number of rotatable bonds is 4. The predicted molar refractivity (Wildman–Crippen MR) is 66.0 cm³/mol. The molecule has 2 rings (SSSR count). The summed E-state index contributed by atoms with van der Waals surface area (Å²) >= 11 is 0. The lowest BCUT2D eigenvalue weighted by Gasteiger charge is -2.25. The minimum atomic E-state index is -0.420. The fraction of sp³-hybridized carbons (Fsp3) is 0.462. The summed E-state index contributed by atoms with van der Waals surface area (Å²) in [6, 6.07) is 4.09. The lowest BCUT2D eigenvalue weighted by atomic mass is 10.00. The Morgan fingerprint density at radius 3 is 2.88 bits per heavy atom. The highest BCUT2D eigenvalue weighted by Crippen LogP contribution is 2.25. The van der Waals surface area contributed by atoms with Gasteiger partial charge in [0.15, 0.2) is 0 Å². The van der Waals surface area contributed by atoms with Crippen molar-refractivity contribution in [3.8, 4) is 0 Å². The van der Waals surface area contributed by atoms with Gasteiger partial charge in [-0.1, -0.05) is 6.07 Å². The molecule has 0 aromatic carbocycles. The largest absolute Gasteiger partial charge is 0.394 e. The molecule has 2 aromatic heterocycles. The molecule has 0 unspecified atom stereocenters. The fourth-order valence-corrected chi connectivity index (χ4v) is 1.85. The van der Waals surface area contributed by atoms with E-state index in [2.05, 4.69) is 5.10 Å². The third kappa shape index (κ3) is 2.33. The smallest absolute Gasteiger partial charge is 0.0891 e. The predicted octanol–water partition coefficient (Wildman–Crippen LogP) is 1.89. The molecule has 0 spiro atoms. The molecule has 0 fully saturated rings. The molecule has 0 aliphatic heterocycles. The third-order valence-electron chi connectivity index (χ3n) is 2.96. The summed E-state index contributed by atoms with van der Waals surface area (Å²) in [5.41, 5.74) is 2.88.